The number of carboxylic acid groups (broad SMARTS) is 1. The van der Waals surface area contributed by atoms with Crippen LogP contribution in [0.5, 0.6) is 5.75 Å². The minimum atomic E-state index is -0.875. The third-order valence-corrected chi connectivity index (χ3v) is 2.18. The van der Waals surface area contributed by atoms with Crippen LogP contribution in [-0.4, -0.2) is 29.2 Å². The highest BCUT2D eigenvalue weighted by molar-refractivity contribution is 5.72. The zero-order chi connectivity index (χ0) is 12.1. The smallest absolute Gasteiger partial charge is 0.320 e. The molecule has 16 heavy (non-hydrogen) atoms. The highest BCUT2D eigenvalue weighted by atomic mass is 16.5. The first-order chi connectivity index (χ1) is 7.52. The van der Waals surface area contributed by atoms with Crippen molar-refractivity contribution in [3.8, 4) is 5.75 Å². The molecule has 1 heterocycles. The first kappa shape index (κ1) is 12.4. The Bertz CT molecular complexity index is 379. The van der Waals surface area contributed by atoms with Gasteiger partial charge in [0, 0.05) is 24.4 Å². The Balaban J connectivity index is 2.66. The maximum absolute atomic E-state index is 10.6. The Kier molecular flexibility index (Phi) is 4.25. The lowest BCUT2D eigenvalue weighted by Crippen LogP contribution is -2.33. The number of nitrogens with zero attached hydrogens (tertiary/aromatic N) is 1. The summed E-state index contributed by atoms with van der Waals surface area (Å²) in [5, 5.41) is 11.6. The maximum Gasteiger partial charge on any atom is 0.320 e. The molecule has 0 spiro atoms. The van der Waals surface area contributed by atoms with Crippen molar-refractivity contribution in [2.45, 2.75) is 26.4 Å². The summed E-state index contributed by atoms with van der Waals surface area (Å²) in [6.45, 7) is 3.87. The second-order valence-corrected chi connectivity index (χ2v) is 3.58. The number of aliphatic carboxylic acids is 1. The van der Waals surface area contributed by atoms with Crippen molar-refractivity contribution in [1.82, 2.24) is 10.3 Å². The van der Waals surface area contributed by atoms with Crippen LogP contribution in [-0.2, 0) is 11.3 Å². The Morgan fingerprint density at radius 3 is 2.88 bits per heavy atom. The van der Waals surface area contributed by atoms with Gasteiger partial charge in [0.15, 0.2) is 0 Å². The van der Waals surface area contributed by atoms with Crippen molar-refractivity contribution in [2.24, 2.45) is 0 Å². The molecule has 0 radical (unpaired) electrons. The van der Waals surface area contributed by atoms with E-state index in [1.807, 2.05) is 13.0 Å². The standard InChI is InChI=1S/C11H16N2O3/c1-7-4-10(16-3)5-9(13-7)6-12-8(2)11(14)15/h4-5,8,12H,6H2,1-3H3,(H,14,15). The van der Waals surface area contributed by atoms with Gasteiger partial charge in [-0.05, 0) is 13.8 Å². The summed E-state index contributed by atoms with van der Waals surface area (Å²) in [5.74, 6) is -0.146. The predicted molar refractivity (Wildman–Crippen MR) is 59.5 cm³/mol. The van der Waals surface area contributed by atoms with Crippen LogP contribution in [0.2, 0.25) is 0 Å². The van der Waals surface area contributed by atoms with Gasteiger partial charge in [0.25, 0.3) is 0 Å². The number of aromatic nitrogens is 1. The normalized spacial score (nSPS) is 12.2. The molecule has 0 aliphatic rings. The molecule has 1 aromatic rings. The number of ether oxygens (including phenoxy) is 1. The molecule has 1 unspecified atom stereocenters. The second kappa shape index (κ2) is 5.46. The summed E-state index contributed by atoms with van der Waals surface area (Å²) in [6, 6.07) is 3.02. The van der Waals surface area contributed by atoms with E-state index in [9.17, 15) is 4.79 Å². The van der Waals surface area contributed by atoms with Crippen molar-refractivity contribution in [1.29, 1.82) is 0 Å². The summed E-state index contributed by atoms with van der Waals surface area (Å²) < 4.78 is 5.11. The first-order valence-electron chi connectivity index (χ1n) is 5.00. The van der Waals surface area contributed by atoms with E-state index in [0.717, 1.165) is 17.1 Å². The minimum Gasteiger partial charge on any atom is -0.497 e. The van der Waals surface area contributed by atoms with Gasteiger partial charge >= 0.3 is 5.97 Å². The Morgan fingerprint density at radius 2 is 2.31 bits per heavy atom. The summed E-state index contributed by atoms with van der Waals surface area (Å²) in [4.78, 5) is 14.9. The van der Waals surface area contributed by atoms with Crippen LogP contribution in [0.4, 0.5) is 0 Å². The summed E-state index contributed by atoms with van der Waals surface area (Å²) in [7, 11) is 1.59. The molecule has 0 amide bonds. The fourth-order valence-corrected chi connectivity index (χ4v) is 1.26. The number of methoxy groups -OCH3 is 1. The van der Waals surface area contributed by atoms with Crippen LogP contribution >= 0.6 is 0 Å². The minimum absolute atomic E-state index is 0.408. The van der Waals surface area contributed by atoms with E-state index in [4.69, 9.17) is 9.84 Å². The van der Waals surface area contributed by atoms with Gasteiger partial charge in [-0.3, -0.25) is 15.1 Å². The van der Waals surface area contributed by atoms with E-state index in [2.05, 4.69) is 10.3 Å². The number of nitrogens with one attached hydrogen (secondary N) is 1. The van der Waals surface area contributed by atoms with Gasteiger partial charge in [0.2, 0.25) is 0 Å². The summed E-state index contributed by atoms with van der Waals surface area (Å²) >= 11 is 0. The molecule has 0 aromatic carbocycles. The van der Waals surface area contributed by atoms with Crippen LogP contribution < -0.4 is 10.1 Å². The quantitative estimate of drug-likeness (QED) is 0.779. The highest BCUT2D eigenvalue weighted by Crippen LogP contribution is 2.13. The molecule has 0 aliphatic carbocycles. The SMILES string of the molecule is COc1cc(C)nc(CNC(C)C(=O)O)c1. The lowest BCUT2D eigenvalue weighted by molar-refractivity contribution is -0.139. The van der Waals surface area contributed by atoms with Crippen molar-refractivity contribution in [3.63, 3.8) is 0 Å². The topological polar surface area (TPSA) is 71.5 Å². The number of pyridine rings is 1. The van der Waals surface area contributed by atoms with Gasteiger partial charge in [-0.15, -0.1) is 0 Å². The fourth-order valence-electron chi connectivity index (χ4n) is 1.26. The Hall–Kier alpha value is -1.62. The van der Waals surface area contributed by atoms with Crippen molar-refractivity contribution in [2.75, 3.05) is 7.11 Å². The van der Waals surface area contributed by atoms with Crippen LogP contribution in [0.15, 0.2) is 12.1 Å². The van der Waals surface area contributed by atoms with Crippen LogP contribution in [0.1, 0.15) is 18.3 Å². The number of hydrogen-bond donors (Lipinski definition) is 2. The van der Waals surface area contributed by atoms with Crippen molar-refractivity contribution in [3.05, 3.63) is 23.5 Å². The second-order valence-electron chi connectivity index (χ2n) is 3.58. The molecule has 5 heteroatoms. The third kappa shape index (κ3) is 3.51. The third-order valence-electron chi connectivity index (χ3n) is 2.18. The van der Waals surface area contributed by atoms with E-state index in [1.54, 1.807) is 20.1 Å². The Morgan fingerprint density at radius 1 is 1.62 bits per heavy atom. The lowest BCUT2D eigenvalue weighted by atomic mass is 10.2. The highest BCUT2D eigenvalue weighted by Gasteiger charge is 2.10. The largest absolute Gasteiger partial charge is 0.497 e. The van der Waals surface area contributed by atoms with Crippen molar-refractivity contribution >= 4 is 5.97 Å². The van der Waals surface area contributed by atoms with Crippen LogP contribution in [0, 0.1) is 6.92 Å². The molecule has 5 nitrogen and oxygen atoms in total. The van der Waals surface area contributed by atoms with Gasteiger partial charge in [-0.2, -0.15) is 0 Å². The fraction of sp³-hybridized carbons (Fsp3) is 0.455. The molecule has 1 atom stereocenters. The van der Waals surface area contributed by atoms with Gasteiger partial charge in [-0.25, -0.2) is 0 Å². The molecule has 0 bridgehead atoms. The zero-order valence-corrected chi connectivity index (χ0v) is 9.65. The van der Waals surface area contributed by atoms with Crippen molar-refractivity contribution < 1.29 is 14.6 Å². The van der Waals surface area contributed by atoms with E-state index in [-0.39, 0.29) is 0 Å². The molecule has 0 saturated heterocycles. The zero-order valence-electron chi connectivity index (χ0n) is 9.65. The van der Waals surface area contributed by atoms with Gasteiger partial charge < -0.3 is 9.84 Å². The average Bonchev–Trinajstić information content (AvgIpc) is 2.24. The number of carbonyl (C=O) groups is 1. The van der Waals surface area contributed by atoms with Crippen LogP contribution in [0.25, 0.3) is 0 Å². The maximum atomic E-state index is 10.6. The Labute approximate surface area is 94.5 Å². The summed E-state index contributed by atoms with van der Waals surface area (Å²) in [6.07, 6.45) is 0. The van der Waals surface area contributed by atoms with Crippen LogP contribution in [0.3, 0.4) is 0 Å². The van der Waals surface area contributed by atoms with E-state index in [0.29, 0.717) is 6.54 Å². The number of carboxylic acids is 1. The number of aryl methyl sites for hydroxylation is 1. The molecule has 0 aliphatic heterocycles. The predicted octanol–water partition coefficient (Wildman–Crippen LogP) is 0.961. The van der Waals surface area contributed by atoms with Gasteiger partial charge in [0.1, 0.15) is 11.8 Å². The van der Waals surface area contributed by atoms with E-state index >= 15 is 0 Å². The lowest BCUT2D eigenvalue weighted by Gasteiger charge is -2.10. The molecule has 88 valence electrons. The van der Waals surface area contributed by atoms with Gasteiger partial charge in [-0.1, -0.05) is 0 Å². The molecule has 1 rings (SSSR count). The van der Waals surface area contributed by atoms with E-state index < -0.39 is 12.0 Å². The molecule has 0 fully saturated rings. The molecule has 2 N–H and O–H groups in total. The first-order valence-corrected chi connectivity index (χ1v) is 5.00. The average molecular weight is 224 g/mol. The van der Waals surface area contributed by atoms with E-state index in [1.165, 1.54) is 0 Å². The number of rotatable bonds is 5. The monoisotopic (exact) mass is 224 g/mol. The molecular weight excluding hydrogens is 208 g/mol. The summed E-state index contributed by atoms with van der Waals surface area (Å²) in [5.41, 5.74) is 1.61. The molecular formula is C11H16N2O3. The molecule has 0 saturated carbocycles. The van der Waals surface area contributed by atoms with Gasteiger partial charge in [0.05, 0.1) is 12.8 Å². The number of hydrogen-bond acceptors (Lipinski definition) is 4. The molecule has 1 aromatic heterocycles.